The van der Waals surface area contributed by atoms with Gasteiger partial charge in [-0.1, -0.05) is 12.1 Å². The SMILES string of the molecule is O=S(=O)(c1cccs1)N1CCC(Nc2cccc(S(=O)(=O)C(F)(F)F)c2)C1. The average molecular weight is 440 g/mol. The van der Waals surface area contributed by atoms with Gasteiger partial charge in [0.2, 0.25) is 0 Å². The first-order valence-corrected chi connectivity index (χ1v) is 11.5. The third-order valence-corrected chi connectivity index (χ3v) is 8.78. The van der Waals surface area contributed by atoms with Crippen LogP contribution >= 0.6 is 11.3 Å². The molecule has 1 aliphatic heterocycles. The fraction of sp³-hybridized carbons (Fsp3) is 0.333. The summed E-state index contributed by atoms with van der Waals surface area (Å²) in [7, 11) is -9.05. The quantitative estimate of drug-likeness (QED) is 0.773. The van der Waals surface area contributed by atoms with E-state index in [1.165, 1.54) is 22.5 Å². The molecule has 148 valence electrons. The zero-order valence-electron chi connectivity index (χ0n) is 13.7. The zero-order chi connectivity index (χ0) is 19.9. The molecule has 0 spiro atoms. The molecule has 12 heteroatoms. The van der Waals surface area contributed by atoms with Crippen molar-refractivity contribution in [1.82, 2.24) is 4.31 Å². The first kappa shape index (κ1) is 20.1. The first-order valence-electron chi connectivity index (χ1n) is 7.73. The molecule has 1 fully saturated rings. The third-order valence-electron chi connectivity index (χ3n) is 4.06. The van der Waals surface area contributed by atoms with Crippen LogP contribution in [0.1, 0.15) is 6.42 Å². The van der Waals surface area contributed by atoms with Crippen molar-refractivity contribution in [2.45, 2.75) is 27.1 Å². The van der Waals surface area contributed by atoms with Crippen molar-refractivity contribution in [1.29, 1.82) is 0 Å². The van der Waals surface area contributed by atoms with Crippen molar-refractivity contribution in [3.8, 4) is 0 Å². The highest BCUT2D eigenvalue weighted by Crippen LogP contribution is 2.32. The Morgan fingerprint density at radius 1 is 1.11 bits per heavy atom. The van der Waals surface area contributed by atoms with E-state index in [-0.39, 0.29) is 29.0 Å². The van der Waals surface area contributed by atoms with Crippen LogP contribution in [0.3, 0.4) is 0 Å². The molecule has 1 aromatic carbocycles. The van der Waals surface area contributed by atoms with Gasteiger partial charge in [0.25, 0.3) is 19.9 Å². The van der Waals surface area contributed by atoms with Crippen LogP contribution in [0, 0.1) is 0 Å². The lowest BCUT2D eigenvalue weighted by atomic mass is 10.2. The highest BCUT2D eigenvalue weighted by atomic mass is 32.2. The summed E-state index contributed by atoms with van der Waals surface area (Å²) in [5.74, 6) is 0. The largest absolute Gasteiger partial charge is 0.501 e. The van der Waals surface area contributed by atoms with Gasteiger partial charge in [0, 0.05) is 24.8 Å². The molecule has 1 aromatic heterocycles. The van der Waals surface area contributed by atoms with Crippen LogP contribution in [0.4, 0.5) is 18.9 Å². The Kier molecular flexibility index (Phi) is 5.27. The maximum atomic E-state index is 12.7. The molecular weight excluding hydrogens is 425 g/mol. The van der Waals surface area contributed by atoms with E-state index in [0.717, 1.165) is 23.5 Å². The summed E-state index contributed by atoms with van der Waals surface area (Å²) in [5, 5.41) is 4.58. The van der Waals surface area contributed by atoms with Gasteiger partial charge in [0.15, 0.2) is 0 Å². The first-order chi connectivity index (χ1) is 12.5. The van der Waals surface area contributed by atoms with E-state index in [0.29, 0.717) is 6.42 Å². The van der Waals surface area contributed by atoms with Crippen LogP contribution in [0.15, 0.2) is 50.9 Å². The van der Waals surface area contributed by atoms with Crippen molar-refractivity contribution >= 4 is 36.9 Å². The molecule has 2 heterocycles. The van der Waals surface area contributed by atoms with Crippen molar-refractivity contribution in [2.24, 2.45) is 0 Å². The van der Waals surface area contributed by atoms with E-state index < -0.39 is 30.3 Å². The van der Waals surface area contributed by atoms with Gasteiger partial charge >= 0.3 is 5.51 Å². The van der Waals surface area contributed by atoms with Gasteiger partial charge in [-0.3, -0.25) is 0 Å². The summed E-state index contributed by atoms with van der Waals surface area (Å²) < 4.78 is 87.6. The fourth-order valence-corrected chi connectivity index (χ4v) is 6.18. The second kappa shape index (κ2) is 7.08. The lowest BCUT2D eigenvalue weighted by molar-refractivity contribution is -0.0435. The summed E-state index contributed by atoms with van der Waals surface area (Å²) >= 11 is 1.11. The number of nitrogens with zero attached hydrogens (tertiary/aromatic N) is 1. The summed E-state index contributed by atoms with van der Waals surface area (Å²) in [6, 6.07) is 7.21. The van der Waals surface area contributed by atoms with E-state index in [4.69, 9.17) is 0 Å². The minimum atomic E-state index is -5.44. The molecule has 1 aliphatic rings. The number of hydrogen-bond donors (Lipinski definition) is 1. The Labute approximate surface area is 158 Å². The Morgan fingerprint density at radius 2 is 1.85 bits per heavy atom. The van der Waals surface area contributed by atoms with Gasteiger partial charge in [-0.15, -0.1) is 11.3 Å². The predicted molar refractivity (Wildman–Crippen MR) is 94.8 cm³/mol. The van der Waals surface area contributed by atoms with Gasteiger partial charge in [0.1, 0.15) is 4.21 Å². The number of hydrogen-bond acceptors (Lipinski definition) is 6. The van der Waals surface area contributed by atoms with Crippen LogP contribution in [-0.4, -0.2) is 45.8 Å². The second-order valence-corrected chi connectivity index (χ2v) is 11.0. The minimum Gasteiger partial charge on any atom is -0.381 e. The van der Waals surface area contributed by atoms with Crippen molar-refractivity contribution in [3.05, 3.63) is 41.8 Å². The van der Waals surface area contributed by atoms with Gasteiger partial charge in [-0.05, 0) is 36.1 Å². The maximum Gasteiger partial charge on any atom is 0.501 e. The van der Waals surface area contributed by atoms with Crippen LogP contribution in [0.5, 0.6) is 0 Å². The molecule has 2 aromatic rings. The smallest absolute Gasteiger partial charge is 0.381 e. The molecule has 27 heavy (non-hydrogen) atoms. The Hall–Kier alpha value is -1.63. The topological polar surface area (TPSA) is 83.6 Å². The number of rotatable bonds is 5. The van der Waals surface area contributed by atoms with E-state index in [9.17, 15) is 30.0 Å². The number of anilines is 1. The van der Waals surface area contributed by atoms with Crippen molar-refractivity contribution < 1.29 is 30.0 Å². The summed E-state index contributed by atoms with van der Waals surface area (Å²) in [4.78, 5) is -0.860. The molecule has 0 bridgehead atoms. The van der Waals surface area contributed by atoms with Gasteiger partial charge in [-0.2, -0.15) is 17.5 Å². The van der Waals surface area contributed by atoms with E-state index in [2.05, 4.69) is 5.32 Å². The number of benzene rings is 1. The molecule has 0 saturated carbocycles. The number of thiophene rings is 1. The van der Waals surface area contributed by atoms with Crippen LogP contribution in [0.25, 0.3) is 0 Å². The molecule has 0 radical (unpaired) electrons. The molecule has 1 unspecified atom stereocenters. The van der Waals surface area contributed by atoms with Gasteiger partial charge in [0.05, 0.1) is 4.90 Å². The van der Waals surface area contributed by atoms with E-state index >= 15 is 0 Å². The number of halogens is 3. The Morgan fingerprint density at radius 3 is 2.48 bits per heavy atom. The monoisotopic (exact) mass is 440 g/mol. The zero-order valence-corrected chi connectivity index (χ0v) is 16.1. The minimum absolute atomic E-state index is 0.135. The predicted octanol–water partition coefficient (Wildman–Crippen LogP) is 2.92. The number of nitrogens with one attached hydrogen (secondary N) is 1. The molecule has 1 saturated heterocycles. The van der Waals surface area contributed by atoms with Crippen LogP contribution in [0.2, 0.25) is 0 Å². The second-order valence-electron chi connectivity index (χ2n) is 5.90. The van der Waals surface area contributed by atoms with E-state index in [1.807, 2.05) is 0 Å². The average Bonchev–Trinajstić information content (AvgIpc) is 3.26. The molecule has 1 atom stereocenters. The molecule has 0 amide bonds. The number of alkyl halides is 3. The number of sulfone groups is 1. The highest BCUT2D eigenvalue weighted by molar-refractivity contribution is 7.92. The molecule has 1 N–H and O–H groups in total. The van der Waals surface area contributed by atoms with Crippen LogP contribution in [-0.2, 0) is 19.9 Å². The molecule has 0 aliphatic carbocycles. The number of sulfonamides is 1. The molecular formula is C15H15F3N2O4S3. The van der Waals surface area contributed by atoms with Crippen molar-refractivity contribution in [2.75, 3.05) is 18.4 Å². The van der Waals surface area contributed by atoms with Crippen molar-refractivity contribution in [3.63, 3.8) is 0 Å². The Bertz CT molecular complexity index is 1020. The lowest BCUT2D eigenvalue weighted by Gasteiger charge is -2.17. The Balaban J connectivity index is 1.74. The lowest BCUT2D eigenvalue weighted by Crippen LogP contribution is -2.31. The molecule has 3 rings (SSSR count). The summed E-state index contributed by atoms with van der Waals surface area (Å²) in [5.41, 5.74) is -5.20. The summed E-state index contributed by atoms with van der Waals surface area (Å²) in [6.07, 6.45) is 0.445. The normalized spacial score (nSPS) is 19.3. The third kappa shape index (κ3) is 3.98. The van der Waals surface area contributed by atoms with E-state index in [1.54, 1.807) is 11.4 Å². The molecule has 6 nitrogen and oxygen atoms in total. The standard InChI is InChI=1S/C15H15F3N2O4S3/c16-15(17,18)26(21,22)13-4-1-3-11(9-13)19-12-6-7-20(10-12)27(23,24)14-5-2-8-25-14/h1-5,8-9,12,19H,6-7,10H2. The fourth-order valence-electron chi connectivity index (χ4n) is 2.72. The maximum absolute atomic E-state index is 12.7. The highest BCUT2D eigenvalue weighted by Gasteiger charge is 2.47. The van der Waals surface area contributed by atoms with Gasteiger partial charge in [-0.25, -0.2) is 16.8 Å². The summed E-state index contributed by atoms with van der Waals surface area (Å²) in [6.45, 7) is 0.398. The van der Waals surface area contributed by atoms with Gasteiger partial charge < -0.3 is 5.32 Å². The van der Waals surface area contributed by atoms with Crippen LogP contribution < -0.4 is 5.32 Å².